The van der Waals surface area contributed by atoms with Crippen LogP contribution in [-0.4, -0.2) is 39.9 Å². The van der Waals surface area contributed by atoms with Gasteiger partial charge in [0.15, 0.2) is 0 Å². The van der Waals surface area contributed by atoms with E-state index in [1.54, 1.807) is 0 Å². The normalized spacial score (nSPS) is 34.5. The van der Waals surface area contributed by atoms with Gasteiger partial charge in [0.1, 0.15) is 5.60 Å². The van der Waals surface area contributed by atoms with Crippen molar-refractivity contribution in [1.29, 1.82) is 0 Å². The minimum Gasteiger partial charge on any atom is -0.444 e. The highest BCUT2D eigenvalue weighted by molar-refractivity contribution is 5.69. The number of aliphatic hydroxyl groups excluding tert-OH is 1. The molecule has 1 amide bonds. The molecule has 0 aliphatic carbocycles. The predicted octanol–water partition coefficient (Wildman–Crippen LogP) is 2.94. The lowest BCUT2D eigenvalue weighted by Crippen LogP contribution is -2.54. The van der Waals surface area contributed by atoms with Gasteiger partial charge in [-0.1, -0.05) is 13.3 Å². The first-order valence-corrected chi connectivity index (χ1v) is 7.53. The third-order valence-electron chi connectivity index (χ3n) is 4.27. The van der Waals surface area contributed by atoms with Gasteiger partial charge in [-0.15, -0.1) is 0 Å². The maximum Gasteiger partial charge on any atom is 0.410 e. The molecule has 4 heteroatoms. The molecule has 1 N–H and O–H groups in total. The Bertz CT molecular complexity index is 337. The van der Waals surface area contributed by atoms with Crippen LogP contribution >= 0.6 is 0 Å². The maximum atomic E-state index is 12.4. The number of hydrogen-bond acceptors (Lipinski definition) is 3. The lowest BCUT2D eigenvalue weighted by Gasteiger charge is -2.43. The molecular weight excluding hydrogens is 242 g/mol. The van der Waals surface area contributed by atoms with Gasteiger partial charge in [-0.2, -0.15) is 0 Å². The summed E-state index contributed by atoms with van der Waals surface area (Å²) < 4.78 is 5.53. The number of piperidine rings is 1. The van der Waals surface area contributed by atoms with E-state index in [1.807, 2.05) is 25.7 Å². The molecule has 19 heavy (non-hydrogen) atoms. The third kappa shape index (κ3) is 3.04. The van der Waals surface area contributed by atoms with Crippen molar-refractivity contribution in [2.45, 2.75) is 83.6 Å². The number of rotatable bonds is 2. The zero-order valence-corrected chi connectivity index (χ0v) is 12.6. The Morgan fingerprint density at radius 1 is 1.37 bits per heavy atom. The summed E-state index contributed by atoms with van der Waals surface area (Å²) in [6.45, 7) is 7.82. The van der Waals surface area contributed by atoms with Crippen LogP contribution in [0.3, 0.4) is 0 Å². The van der Waals surface area contributed by atoms with E-state index in [2.05, 4.69) is 6.92 Å². The van der Waals surface area contributed by atoms with Gasteiger partial charge in [-0.25, -0.2) is 4.79 Å². The van der Waals surface area contributed by atoms with Gasteiger partial charge in [0.25, 0.3) is 0 Å². The first-order chi connectivity index (χ1) is 8.83. The summed E-state index contributed by atoms with van der Waals surface area (Å²) >= 11 is 0. The maximum absolute atomic E-state index is 12.4. The van der Waals surface area contributed by atoms with Crippen LogP contribution in [0.15, 0.2) is 0 Å². The van der Waals surface area contributed by atoms with E-state index in [1.165, 1.54) is 0 Å². The zero-order valence-electron chi connectivity index (χ0n) is 12.6. The molecule has 2 rings (SSSR count). The Kier molecular flexibility index (Phi) is 4.09. The Balaban J connectivity index is 2.11. The molecule has 4 atom stereocenters. The molecule has 2 heterocycles. The van der Waals surface area contributed by atoms with Crippen molar-refractivity contribution in [3.63, 3.8) is 0 Å². The Hall–Kier alpha value is -0.770. The van der Waals surface area contributed by atoms with E-state index in [-0.39, 0.29) is 30.2 Å². The van der Waals surface area contributed by atoms with Gasteiger partial charge in [0, 0.05) is 18.0 Å². The molecule has 2 fully saturated rings. The molecule has 110 valence electrons. The average molecular weight is 269 g/mol. The van der Waals surface area contributed by atoms with E-state index < -0.39 is 5.60 Å². The first kappa shape index (κ1) is 14.6. The molecule has 0 radical (unpaired) electrons. The fourth-order valence-electron chi connectivity index (χ4n) is 3.59. The number of aliphatic hydroxyl groups is 1. The van der Waals surface area contributed by atoms with Gasteiger partial charge < -0.3 is 14.7 Å². The summed E-state index contributed by atoms with van der Waals surface area (Å²) in [7, 11) is 0. The quantitative estimate of drug-likeness (QED) is 0.838. The minimum absolute atomic E-state index is 0.169. The highest BCUT2D eigenvalue weighted by Crippen LogP contribution is 2.41. The molecule has 4 nitrogen and oxygen atoms in total. The number of fused-ring (bicyclic) bond motifs is 2. The topological polar surface area (TPSA) is 49.8 Å². The van der Waals surface area contributed by atoms with Crippen molar-refractivity contribution in [2.24, 2.45) is 5.92 Å². The number of hydrogen-bond donors (Lipinski definition) is 1. The SMILES string of the molecule is CCCC1C(O)CC2CCC1N2C(=O)OC(C)(C)C. The molecule has 2 aliphatic heterocycles. The van der Waals surface area contributed by atoms with Gasteiger partial charge in [0.2, 0.25) is 0 Å². The van der Waals surface area contributed by atoms with E-state index >= 15 is 0 Å². The smallest absolute Gasteiger partial charge is 0.410 e. The first-order valence-electron chi connectivity index (χ1n) is 7.53. The Labute approximate surface area is 116 Å². The molecule has 2 saturated heterocycles. The van der Waals surface area contributed by atoms with E-state index in [9.17, 15) is 9.90 Å². The summed E-state index contributed by atoms with van der Waals surface area (Å²) in [6, 6.07) is 0.339. The number of carbonyl (C=O) groups excluding carboxylic acids is 1. The lowest BCUT2D eigenvalue weighted by atomic mass is 9.84. The highest BCUT2D eigenvalue weighted by atomic mass is 16.6. The largest absolute Gasteiger partial charge is 0.444 e. The minimum atomic E-state index is -0.452. The summed E-state index contributed by atoms with van der Waals surface area (Å²) in [5.41, 5.74) is -0.452. The molecule has 0 aromatic heterocycles. The van der Waals surface area contributed by atoms with Crippen LogP contribution < -0.4 is 0 Å². The lowest BCUT2D eigenvalue weighted by molar-refractivity contribution is -0.0397. The predicted molar refractivity (Wildman–Crippen MR) is 73.9 cm³/mol. The van der Waals surface area contributed by atoms with Crippen LogP contribution in [0.2, 0.25) is 0 Å². The van der Waals surface area contributed by atoms with Crippen LogP contribution in [0, 0.1) is 5.92 Å². The number of amides is 1. The summed E-state index contributed by atoms with van der Waals surface area (Å²) in [4.78, 5) is 14.3. The Morgan fingerprint density at radius 3 is 2.63 bits per heavy atom. The Morgan fingerprint density at radius 2 is 2.05 bits per heavy atom. The third-order valence-corrected chi connectivity index (χ3v) is 4.27. The fourth-order valence-corrected chi connectivity index (χ4v) is 3.59. The van der Waals surface area contributed by atoms with Crippen molar-refractivity contribution in [3.05, 3.63) is 0 Å². The van der Waals surface area contributed by atoms with Crippen LogP contribution in [0.4, 0.5) is 4.79 Å². The van der Waals surface area contributed by atoms with Crippen molar-refractivity contribution < 1.29 is 14.6 Å². The molecule has 4 unspecified atom stereocenters. The monoisotopic (exact) mass is 269 g/mol. The van der Waals surface area contributed by atoms with Crippen LogP contribution in [0.5, 0.6) is 0 Å². The van der Waals surface area contributed by atoms with Crippen molar-refractivity contribution in [1.82, 2.24) is 4.90 Å². The van der Waals surface area contributed by atoms with Crippen molar-refractivity contribution in [3.8, 4) is 0 Å². The van der Waals surface area contributed by atoms with Crippen LogP contribution in [0.25, 0.3) is 0 Å². The van der Waals surface area contributed by atoms with Crippen molar-refractivity contribution in [2.75, 3.05) is 0 Å². The molecule has 0 aromatic carbocycles. The number of nitrogens with zero attached hydrogens (tertiary/aromatic N) is 1. The van der Waals surface area contributed by atoms with Crippen LogP contribution in [-0.2, 0) is 4.74 Å². The van der Waals surface area contributed by atoms with E-state index in [0.29, 0.717) is 6.42 Å². The van der Waals surface area contributed by atoms with E-state index in [0.717, 1.165) is 25.7 Å². The van der Waals surface area contributed by atoms with Gasteiger partial charge in [0.05, 0.1) is 6.10 Å². The van der Waals surface area contributed by atoms with E-state index in [4.69, 9.17) is 4.74 Å². The molecule has 2 aliphatic rings. The molecule has 0 saturated carbocycles. The highest BCUT2D eigenvalue weighted by Gasteiger charge is 2.49. The average Bonchev–Trinajstić information content (AvgIpc) is 2.60. The molecule has 2 bridgehead atoms. The molecule has 0 aromatic rings. The molecular formula is C15H27NO3. The second-order valence-electron chi connectivity index (χ2n) is 6.94. The summed E-state index contributed by atoms with van der Waals surface area (Å²) in [5.74, 6) is 0.219. The standard InChI is InChI=1S/C15H27NO3/c1-5-6-11-12-8-7-10(9-13(11)17)16(12)14(18)19-15(2,3)4/h10-13,17H,5-9H2,1-4H3. The zero-order chi connectivity index (χ0) is 14.2. The van der Waals surface area contributed by atoms with Crippen molar-refractivity contribution >= 4 is 6.09 Å². The van der Waals surface area contributed by atoms with Crippen LogP contribution in [0.1, 0.15) is 59.8 Å². The second-order valence-corrected chi connectivity index (χ2v) is 6.94. The second kappa shape index (κ2) is 5.31. The van der Waals surface area contributed by atoms with Gasteiger partial charge in [-0.3, -0.25) is 0 Å². The van der Waals surface area contributed by atoms with Gasteiger partial charge in [-0.05, 0) is 46.5 Å². The fraction of sp³-hybridized carbons (Fsp3) is 0.933. The summed E-state index contributed by atoms with van der Waals surface area (Å²) in [5, 5.41) is 10.2. The summed E-state index contributed by atoms with van der Waals surface area (Å²) in [6.07, 6.45) is 4.29. The molecule has 0 spiro atoms. The number of ether oxygens (including phenoxy) is 1. The van der Waals surface area contributed by atoms with Gasteiger partial charge >= 0.3 is 6.09 Å². The number of carbonyl (C=O) groups is 1.